The molecule has 14 nitrogen and oxygen atoms in total. The summed E-state index contributed by atoms with van der Waals surface area (Å²) in [6, 6.07) is 20.9. The molecule has 1 N–H and O–H groups in total. The zero-order chi connectivity index (χ0) is 35.4. The molecule has 246 valence electrons. The van der Waals surface area contributed by atoms with Crippen LogP contribution in [-0.2, 0) is 19.7 Å². The molecule has 4 aromatic carbocycles. The van der Waals surface area contributed by atoms with Crippen LogP contribution < -0.4 is 5.43 Å². The summed E-state index contributed by atoms with van der Waals surface area (Å²) in [5.74, 6) is -1.45. The minimum absolute atomic E-state index is 0.0221. The topological polar surface area (TPSA) is 222 Å². The summed E-state index contributed by atoms with van der Waals surface area (Å²) in [5.41, 5.74) is -1.37. The fourth-order valence-electron chi connectivity index (χ4n) is 4.52. The van der Waals surface area contributed by atoms with E-state index in [9.17, 15) is 51.8 Å². The molecule has 5 aromatic rings. The van der Waals surface area contributed by atoms with Gasteiger partial charge in [0.1, 0.15) is 5.76 Å². The van der Waals surface area contributed by atoms with Crippen LogP contribution in [0.5, 0.6) is 5.75 Å². The second-order valence-corrected chi connectivity index (χ2v) is 14.1. The van der Waals surface area contributed by atoms with E-state index in [1.165, 1.54) is 60.7 Å². The lowest BCUT2D eigenvalue weighted by molar-refractivity contribution is -0.385. The number of ketones is 1. The number of nitro groups is 2. The Labute approximate surface area is 272 Å². The van der Waals surface area contributed by atoms with Crippen molar-refractivity contribution in [2.75, 3.05) is 12.5 Å². The number of sulfone groups is 2. The number of aromatic hydroxyl groups is 1. The summed E-state index contributed by atoms with van der Waals surface area (Å²) in [6.07, 6.45) is 4.43. The first kappa shape index (κ1) is 34.9. The fraction of sp³-hybridized carbons (Fsp3) is 0.0625. The van der Waals surface area contributed by atoms with Crippen LogP contribution in [0.25, 0.3) is 28.4 Å². The van der Waals surface area contributed by atoms with Gasteiger partial charge in [-0.3, -0.25) is 29.8 Å². The summed E-state index contributed by atoms with van der Waals surface area (Å²) in [7, 11) is -7.04. The summed E-state index contributed by atoms with van der Waals surface area (Å²) < 4.78 is 52.8. The van der Waals surface area contributed by atoms with Crippen LogP contribution in [0.3, 0.4) is 0 Å². The quantitative estimate of drug-likeness (QED) is 0.0938. The van der Waals surface area contributed by atoms with Crippen LogP contribution in [0.4, 0.5) is 11.4 Å². The average Bonchev–Trinajstić information content (AvgIpc) is 3.03. The van der Waals surface area contributed by atoms with Gasteiger partial charge >= 0.3 is 11.4 Å². The van der Waals surface area contributed by atoms with Gasteiger partial charge in [-0.2, -0.15) is 0 Å². The third-order valence-corrected chi connectivity index (χ3v) is 9.02. The van der Waals surface area contributed by atoms with Crippen molar-refractivity contribution in [3.05, 3.63) is 139 Å². The van der Waals surface area contributed by atoms with Crippen LogP contribution >= 0.6 is 0 Å². The van der Waals surface area contributed by atoms with E-state index < -0.39 is 52.2 Å². The maximum Gasteiger partial charge on any atom is 0.312 e. The van der Waals surface area contributed by atoms with Gasteiger partial charge in [-0.25, -0.2) is 16.8 Å². The van der Waals surface area contributed by atoms with Crippen molar-refractivity contribution < 1.29 is 41.0 Å². The molecule has 0 bridgehead atoms. The number of nitrogens with zero attached hydrogens (tertiary/aromatic N) is 2. The molecule has 0 radical (unpaired) electrons. The Morgan fingerprint density at radius 3 is 1.96 bits per heavy atom. The summed E-state index contributed by atoms with van der Waals surface area (Å²) in [5, 5.41) is 31.8. The molecule has 0 spiro atoms. The van der Waals surface area contributed by atoms with Gasteiger partial charge in [-0.05, 0) is 48.0 Å². The van der Waals surface area contributed by atoms with Crippen molar-refractivity contribution in [3.63, 3.8) is 0 Å². The number of benzene rings is 4. The molecule has 0 aliphatic carbocycles. The van der Waals surface area contributed by atoms with Gasteiger partial charge in [-0.1, -0.05) is 42.5 Å². The third-order valence-electron chi connectivity index (χ3n) is 6.69. The van der Waals surface area contributed by atoms with E-state index >= 15 is 0 Å². The highest BCUT2D eigenvalue weighted by Gasteiger charge is 2.22. The number of phenols is 1. The number of rotatable bonds is 8. The van der Waals surface area contributed by atoms with E-state index in [1.54, 1.807) is 24.3 Å². The normalized spacial score (nSPS) is 11.5. The Morgan fingerprint density at radius 1 is 0.771 bits per heavy atom. The zero-order valence-corrected chi connectivity index (χ0v) is 26.6. The van der Waals surface area contributed by atoms with Crippen LogP contribution in [0, 0.1) is 20.2 Å². The highest BCUT2D eigenvalue weighted by atomic mass is 32.2. The number of phenolic OH excluding ortho intramolecular Hbond substituents is 1. The van der Waals surface area contributed by atoms with Crippen molar-refractivity contribution in [2.45, 2.75) is 9.79 Å². The van der Waals surface area contributed by atoms with Crippen molar-refractivity contribution in [1.82, 2.24) is 0 Å². The first-order chi connectivity index (χ1) is 22.5. The van der Waals surface area contributed by atoms with Crippen molar-refractivity contribution in [2.24, 2.45) is 0 Å². The molecular weight excluding hydrogens is 668 g/mol. The van der Waals surface area contributed by atoms with Gasteiger partial charge in [0.2, 0.25) is 11.3 Å². The van der Waals surface area contributed by atoms with E-state index in [1.807, 2.05) is 0 Å². The van der Waals surface area contributed by atoms with Gasteiger partial charge < -0.3 is 9.52 Å². The number of allylic oxidation sites excluding steroid dienone is 1. The molecular formula is C32H24N2O12S2. The van der Waals surface area contributed by atoms with Crippen LogP contribution in [0.1, 0.15) is 15.9 Å². The third kappa shape index (κ3) is 7.68. The predicted molar refractivity (Wildman–Crippen MR) is 175 cm³/mol. The second-order valence-electron chi connectivity index (χ2n) is 10.1. The van der Waals surface area contributed by atoms with Gasteiger partial charge in [0, 0.05) is 36.3 Å². The highest BCUT2D eigenvalue weighted by molar-refractivity contribution is 7.91. The SMILES string of the molecule is CS(=O)(=O)c1ccccc1-c1cc(=O)c2cccc([N+](=O)[O-])c2o1.CS(=O)(=O)c1ccccc1/C=C/C(=O)c1cccc([N+](=O)[O-])c1O. The maximum absolute atomic E-state index is 12.3. The van der Waals surface area contributed by atoms with E-state index in [-0.39, 0.29) is 43.3 Å². The van der Waals surface area contributed by atoms with Gasteiger partial charge in [0.15, 0.2) is 30.9 Å². The predicted octanol–water partition coefficient (Wildman–Crippen LogP) is 5.37. The van der Waals surface area contributed by atoms with Crippen LogP contribution in [-0.4, -0.2) is 50.1 Å². The van der Waals surface area contributed by atoms with E-state index in [0.717, 1.165) is 30.7 Å². The van der Waals surface area contributed by atoms with Gasteiger partial charge in [0.25, 0.3) is 0 Å². The first-order valence-electron chi connectivity index (χ1n) is 13.5. The molecule has 48 heavy (non-hydrogen) atoms. The first-order valence-corrected chi connectivity index (χ1v) is 17.3. The van der Waals surface area contributed by atoms with Crippen molar-refractivity contribution >= 4 is 53.9 Å². The van der Waals surface area contributed by atoms with E-state index in [2.05, 4.69) is 0 Å². The van der Waals surface area contributed by atoms with E-state index in [0.29, 0.717) is 5.56 Å². The molecule has 0 atom stereocenters. The zero-order valence-electron chi connectivity index (χ0n) is 25.0. The number of carbonyl (C=O) groups is 1. The number of nitro benzene ring substituents is 2. The molecule has 16 heteroatoms. The molecule has 0 amide bonds. The molecule has 1 aromatic heterocycles. The molecule has 1 heterocycles. The lowest BCUT2D eigenvalue weighted by Gasteiger charge is -2.08. The fourth-order valence-corrected chi connectivity index (χ4v) is 6.30. The average molecular weight is 693 g/mol. The minimum Gasteiger partial charge on any atom is -0.502 e. The molecule has 0 aliphatic rings. The molecule has 0 saturated carbocycles. The van der Waals surface area contributed by atoms with E-state index in [4.69, 9.17) is 4.42 Å². The summed E-state index contributed by atoms with van der Waals surface area (Å²) in [4.78, 5) is 44.9. The largest absolute Gasteiger partial charge is 0.502 e. The number of hydrogen-bond acceptors (Lipinski definition) is 12. The Hall–Kier alpha value is -6.00. The lowest BCUT2D eigenvalue weighted by atomic mass is 10.1. The standard InChI is InChI=1S/C16H11NO6S.C16H13NO6S/c1-24(21,22)15-8-3-2-5-11(15)14-9-13(18)10-6-4-7-12(17(19)20)16(10)23-14;1-24(22,23)15-8-3-2-5-11(15)9-10-14(18)12-6-4-7-13(16(12)19)17(20)21/h2-9H,1H3;2-10,19H,1H3/b;10-9+. The van der Waals surface area contributed by atoms with Crippen LogP contribution in [0.15, 0.2) is 116 Å². The molecule has 0 saturated heterocycles. The smallest absolute Gasteiger partial charge is 0.312 e. The second kappa shape index (κ2) is 13.8. The summed E-state index contributed by atoms with van der Waals surface area (Å²) in [6.45, 7) is 0. The monoisotopic (exact) mass is 692 g/mol. The number of para-hydroxylation sites is 2. The summed E-state index contributed by atoms with van der Waals surface area (Å²) >= 11 is 0. The van der Waals surface area contributed by atoms with Crippen molar-refractivity contribution in [1.29, 1.82) is 0 Å². The Bertz CT molecular complexity index is 2420. The number of fused-ring (bicyclic) bond motifs is 1. The highest BCUT2D eigenvalue weighted by Crippen LogP contribution is 2.32. The van der Waals surface area contributed by atoms with Gasteiger partial charge in [0.05, 0.1) is 30.6 Å². The van der Waals surface area contributed by atoms with Crippen molar-refractivity contribution in [3.8, 4) is 17.1 Å². The molecule has 0 unspecified atom stereocenters. The number of hydrogen-bond donors (Lipinski definition) is 1. The Balaban J connectivity index is 0.000000217. The Kier molecular flexibility index (Phi) is 10.0. The van der Waals surface area contributed by atoms with Crippen LogP contribution in [0.2, 0.25) is 0 Å². The van der Waals surface area contributed by atoms with Gasteiger partial charge in [-0.15, -0.1) is 0 Å². The molecule has 5 rings (SSSR count). The number of carbonyl (C=O) groups excluding carboxylic acids is 1. The lowest BCUT2D eigenvalue weighted by Crippen LogP contribution is -2.04. The minimum atomic E-state index is -3.57. The Morgan fingerprint density at radius 2 is 1.33 bits per heavy atom. The maximum atomic E-state index is 12.3. The molecule has 0 aliphatic heterocycles. The molecule has 0 fully saturated rings. The number of non-ortho nitro benzene ring substituents is 1.